The van der Waals surface area contributed by atoms with Gasteiger partial charge in [-0.2, -0.15) is 0 Å². The molecule has 2 aliphatic rings. The number of fused-ring (bicyclic) bond motifs is 1. The van der Waals surface area contributed by atoms with Crippen molar-refractivity contribution < 1.29 is 14.3 Å². The van der Waals surface area contributed by atoms with Gasteiger partial charge < -0.3 is 15.0 Å². The van der Waals surface area contributed by atoms with Crippen LogP contribution in [-0.4, -0.2) is 42.0 Å². The molecule has 5 heteroatoms. The van der Waals surface area contributed by atoms with Crippen molar-refractivity contribution in [1.82, 2.24) is 4.90 Å². The standard InChI is InChI=1S/C16H20N2O3/c1-10-8-18(9-11(2)21-10)16(20)13-3-5-14-12(7-13)4-6-15(19)17-14/h3,5,7,10-11H,4,6,8-9H2,1-2H3,(H,17,19)/t10-,11+. The highest BCUT2D eigenvalue weighted by molar-refractivity contribution is 5.98. The zero-order valence-electron chi connectivity index (χ0n) is 12.4. The lowest BCUT2D eigenvalue weighted by Crippen LogP contribution is -2.48. The SMILES string of the molecule is C[C@@H]1CN(C(=O)c2ccc3c(c2)CCC(=O)N3)C[C@H](C)O1. The molecule has 0 aliphatic carbocycles. The largest absolute Gasteiger partial charge is 0.372 e. The van der Waals surface area contributed by atoms with Crippen molar-refractivity contribution in [2.75, 3.05) is 18.4 Å². The fraction of sp³-hybridized carbons (Fsp3) is 0.500. The molecule has 2 heterocycles. The molecular formula is C16H20N2O3. The lowest BCUT2D eigenvalue weighted by Gasteiger charge is -2.35. The minimum Gasteiger partial charge on any atom is -0.372 e. The van der Waals surface area contributed by atoms with Crippen LogP contribution in [0.2, 0.25) is 0 Å². The van der Waals surface area contributed by atoms with Crippen molar-refractivity contribution in [1.29, 1.82) is 0 Å². The molecule has 0 saturated carbocycles. The third kappa shape index (κ3) is 2.93. The molecule has 21 heavy (non-hydrogen) atoms. The molecular weight excluding hydrogens is 268 g/mol. The molecule has 3 rings (SSSR count). The summed E-state index contributed by atoms with van der Waals surface area (Å²) in [6.07, 6.45) is 1.30. The third-order valence-corrected chi connectivity index (χ3v) is 3.95. The van der Waals surface area contributed by atoms with E-state index in [0.717, 1.165) is 11.3 Å². The van der Waals surface area contributed by atoms with Gasteiger partial charge in [-0.15, -0.1) is 0 Å². The lowest BCUT2D eigenvalue weighted by molar-refractivity contribution is -0.116. The minimum absolute atomic E-state index is 0.0386. The molecule has 2 amide bonds. The Labute approximate surface area is 124 Å². The number of morpholine rings is 1. The van der Waals surface area contributed by atoms with E-state index in [1.165, 1.54) is 0 Å². The van der Waals surface area contributed by atoms with Crippen molar-refractivity contribution >= 4 is 17.5 Å². The summed E-state index contributed by atoms with van der Waals surface area (Å²) in [5.74, 6) is 0.0779. The van der Waals surface area contributed by atoms with Gasteiger partial charge in [0.15, 0.2) is 0 Å². The fourth-order valence-corrected chi connectivity index (χ4v) is 3.04. The highest BCUT2D eigenvalue weighted by atomic mass is 16.5. The molecule has 0 radical (unpaired) electrons. The summed E-state index contributed by atoms with van der Waals surface area (Å²) in [4.78, 5) is 25.8. The van der Waals surface area contributed by atoms with Gasteiger partial charge in [0.1, 0.15) is 0 Å². The van der Waals surface area contributed by atoms with Crippen molar-refractivity contribution in [2.45, 2.75) is 38.9 Å². The van der Waals surface area contributed by atoms with Crippen molar-refractivity contribution in [3.05, 3.63) is 29.3 Å². The molecule has 5 nitrogen and oxygen atoms in total. The number of hydrogen-bond acceptors (Lipinski definition) is 3. The van der Waals surface area contributed by atoms with E-state index >= 15 is 0 Å². The Balaban J connectivity index is 1.80. The summed E-state index contributed by atoms with van der Waals surface area (Å²) in [7, 11) is 0. The number of anilines is 1. The van der Waals surface area contributed by atoms with Crippen LogP contribution in [0.25, 0.3) is 0 Å². The quantitative estimate of drug-likeness (QED) is 0.857. The smallest absolute Gasteiger partial charge is 0.254 e. The van der Waals surface area contributed by atoms with Crippen molar-refractivity contribution in [3.8, 4) is 0 Å². The van der Waals surface area contributed by atoms with Crippen molar-refractivity contribution in [3.63, 3.8) is 0 Å². The van der Waals surface area contributed by atoms with Crippen LogP contribution in [0.1, 0.15) is 36.2 Å². The first-order valence-corrected chi connectivity index (χ1v) is 7.40. The second-order valence-corrected chi connectivity index (χ2v) is 5.89. The summed E-state index contributed by atoms with van der Waals surface area (Å²) in [6, 6.07) is 5.52. The number of nitrogens with one attached hydrogen (secondary N) is 1. The number of ether oxygens (including phenoxy) is 1. The van der Waals surface area contributed by atoms with Crippen LogP contribution in [0, 0.1) is 0 Å². The average Bonchev–Trinajstić information content (AvgIpc) is 2.45. The van der Waals surface area contributed by atoms with Gasteiger partial charge in [-0.25, -0.2) is 0 Å². The van der Waals surface area contributed by atoms with E-state index in [-0.39, 0.29) is 24.0 Å². The maximum atomic E-state index is 12.6. The molecule has 0 aromatic heterocycles. The van der Waals surface area contributed by atoms with E-state index in [2.05, 4.69) is 5.32 Å². The number of carbonyl (C=O) groups excluding carboxylic acids is 2. The van der Waals surface area contributed by atoms with Gasteiger partial charge in [0.05, 0.1) is 12.2 Å². The van der Waals surface area contributed by atoms with Crippen LogP contribution in [0.15, 0.2) is 18.2 Å². The topological polar surface area (TPSA) is 58.6 Å². The maximum Gasteiger partial charge on any atom is 0.254 e. The monoisotopic (exact) mass is 288 g/mol. The maximum absolute atomic E-state index is 12.6. The number of hydrogen-bond donors (Lipinski definition) is 1. The van der Waals surface area contributed by atoms with Gasteiger partial charge >= 0.3 is 0 Å². The molecule has 2 atom stereocenters. The lowest BCUT2D eigenvalue weighted by atomic mass is 9.99. The molecule has 0 bridgehead atoms. The number of benzene rings is 1. The molecule has 1 aromatic carbocycles. The van der Waals surface area contributed by atoms with Crippen LogP contribution in [-0.2, 0) is 16.0 Å². The fourth-order valence-electron chi connectivity index (χ4n) is 3.04. The highest BCUT2D eigenvalue weighted by Gasteiger charge is 2.27. The Morgan fingerprint density at radius 2 is 1.95 bits per heavy atom. The highest BCUT2D eigenvalue weighted by Crippen LogP contribution is 2.24. The van der Waals surface area contributed by atoms with Crippen LogP contribution in [0.5, 0.6) is 0 Å². The van der Waals surface area contributed by atoms with E-state index in [9.17, 15) is 9.59 Å². The molecule has 112 valence electrons. The number of rotatable bonds is 1. The Bertz CT molecular complexity index is 575. The van der Waals surface area contributed by atoms with Gasteiger partial charge in [-0.1, -0.05) is 0 Å². The van der Waals surface area contributed by atoms with Gasteiger partial charge in [-0.05, 0) is 44.0 Å². The van der Waals surface area contributed by atoms with E-state index in [1.54, 1.807) is 6.07 Å². The van der Waals surface area contributed by atoms with Crippen molar-refractivity contribution in [2.24, 2.45) is 0 Å². The summed E-state index contributed by atoms with van der Waals surface area (Å²) in [5.41, 5.74) is 2.55. The molecule has 2 aliphatic heterocycles. The van der Waals surface area contributed by atoms with Gasteiger partial charge in [0, 0.05) is 30.8 Å². The van der Waals surface area contributed by atoms with Crippen LogP contribution >= 0.6 is 0 Å². The Kier molecular flexibility index (Phi) is 3.68. The van der Waals surface area contributed by atoms with E-state index in [0.29, 0.717) is 31.5 Å². The zero-order valence-corrected chi connectivity index (χ0v) is 12.4. The second-order valence-electron chi connectivity index (χ2n) is 5.89. The van der Waals surface area contributed by atoms with Gasteiger partial charge in [0.2, 0.25) is 5.91 Å². The number of aryl methyl sites for hydroxylation is 1. The zero-order chi connectivity index (χ0) is 15.0. The summed E-state index contributed by atoms with van der Waals surface area (Å²) in [5, 5.41) is 2.84. The second kappa shape index (κ2) is 5.48. The van der Waals surface area contributed by atoms with Crippen LogP contribution in [0.4, 0.5) is 5.69 Å². The summed E-state index contributed by atoms with van der Waals surface area (Å²) in [6.45, 7) is 5.21. The normalized spacial score (nSPS) is 25.2. The molecule has 1 saturated heterocycles. The molecule has 1 aromatic rings. The first-order chi connectivity index (χ1) is 10.0. The number of nitrogens with zero attached hydrogens (tertiary/aromatic N) is 1. The predicted octanol–water partition coefficient (Wildman–Crippen LogP) is 1.82. The first kappa shape index (κ1) is 14.1. The third-order valence-electron chi connectivity index (χ3n) is 3.95. The molecule has 0 unspecified atom stereocenters. The number of amides is 2. The van der Waals surface area contributed by atoms with Gasteiger partial charge in [-0.3, -0.25) is 9.59 Å². The first-order valence-electron chi connectivity index (χ1n) is 7.40. The molecule has 1 N–H and O–H groups in total. The van der Waals surface area contributed by atoms with Crippen LogP contribution < -0.4 is 5.32 Å². The van der Waals surface area contributed by atoms with E-state index in [1.807, 2.05) is 30.9 Å². The summed E-state index contributed by atoms with van der Waals surface area (Å²) >= 11 is 0. The Morgan fingerprint density at radius 3 is 2.67 bits per heavy atom. The Hall–Kier alpha value is -1.88. The summed E-state index contributed by atoms with van der Waals surface area (Å²) < 4.78 is 5.66. The number of carbonyl (C=O) groups is 2. The molecule has 0 spiro atoms. The minimum atomic E-state index is 0.0386. The van der Waals surface area contributed by atoms with E-state index < -0.39 is 0 Å². The van der Waals surface area contributed by atoms with Gasteiger partial charge in [0.25, 0.3) is 5.91 Å². The average molecular weight is 288 g/mol. The van der Waals surface area contributed by atoms with E-state index in [4.69, 9.17) is 4.74 Å². The molecule has 1 fully saturated rings. The Morgan fingerprint density at radius 1 is 1.24 bits per heavy atom. The predicted molar refractivity (Wildman–Crippen MR) is 79.3 cm³/mol. The van der Waals surface area contributed by atoms with Crippen LogP contribution in [0.3, 0.4) is 0 Å².